The van der Waals surface area contributed by atoms with Crippen molar-refractivity contribution in [2.75, 3.05) is 20.2 Å². The molecule has 6 nitrogen and oxygen atoms in total. The molecule has 3 aromatic rings. The highest BCUT2D eigenvalue weighted by atomic mass is 16.5. The normalized spacial score (nSPS) is 15.9. The summed E-state index contributed by atoms with van der Waals surface area (Å²) in [7, 11) is 1.73. The zero-order valence-corrected chi connectivity index (χ0v) is 16.1. The molecule has 142 valence electrons. The van der Waals surface area contributed by atoms with Gasteiger partial charge in [0.2, 0.25) is 0 Å². The lowest BCUT2D eigenvalue weighted by molar-refractivity contribution is 0.203. The van der Waals surface area contributed by atoms with Crippen molar-refractivity contribution in [2.24, 2.45) is 0 Å². The SMILES string of the molecule is COc1ccc(CN2CCC(c3[nH]ncc3C)CC2)cc1Cn1cccn1. The molecule has 1 aliphatic heterocycles. The lowest BCUT2D eigenvalue weighted by Gasteiger charge is -2.32. The minimum atomic E-state index is 0.606. The zero-order valence-electron chi connectivity index (χ0n) is 16.1. The van der Waals surface area contributed by atoms with E-state index in [1.165, 1.54) is 35.2 Å². The van der Waals surface area contributed by atoms with Crippen LogP contribution in [0.3, 0.4) is 0 Å². The summed E-state index contributed by atoms with van der Waals surface area (Å²) < 4.78 is 7.47. The van der Waals surface area contributed by atoms with E-state index in [0.717, 1.165) is 31.9 Å². The average Bonchev–Trinajstić information content (AvgIpc) is 3.34. The van der Waals surface area contributed by atoms with E-state index in [-0.39, 0.29) is 0 Å². The van der Waals surface area contributed by atoms with Gasteiger partial charge in [-0.3, -0.25) is 14.7 Å². The van der Waals surface area contributed by atoms with Crippen LogP contribution in [0.2, 0.25) is 0 Å². The van der Waals surface area contributed by atoms with Gasteiger partial charge >= 0.3 is 0 Å². The summed E-state index contributed by atoms with van der Waals surface area (Å²) in [6.45, 7) is 6.08. The number of benzene rings is 1. The highest BCUT2D eigenvalue weighted by Crippen LogP contribution is 2.29. The van der Waals surface area contributed by atoms with Crippen LogP contribution in [0.15, 0.2) is 42.9 Å². The van der Waals surface area contributed by atoms with Gasteiger partial charge in [0.05, 0.1) is 19.9 Å². The van der Waals surface area contributed by atoms with Gasteiger partial charge in [-0.15, -0.1) is 0 Å². The van der Waals surface area contributed by atoms with Gasteiger partial charge in [-0.1, -0.05) is 6.07 Å². The van der Waals surface area contributed by atoms with Crippen molar-refractivity contribution in [3.8, 4) is 5.75 Å². The number of hydrogen-bond donors (Lipinski definition) is 1. The second-order valence-electron chi connectivity index (χ2n) is 7.37. The molecule has 0 saturated carbocycles. The van der Waals surface area contributed by atoms with Crippen LogP contribution in [0.25, 0.3) is 0 Å². The third-order valence-electron chi connectivity index (χ3n) is 5.51. The summed E-state index contributed by atoms with van der Waals surface area (Å²) in [6, 6.07) is 8.46. The van der Waals surface area contributed by atoms with Crippen molar-refractivity contribution >= 4 is 0 Å². The quantitative estimate of drug-likeness (QED) is 0.728. The van der Waals surface area contributed by atoms with Crippen molar-refractivity contribution in [3.63, 3.8) is 0 Å². The first-order chi connectivity index (χ1) is 13.2. The van der Waals surface area contributed by atoms with Gasteiger partial charge < -0.3 is 4.74 Å². The Kier molecular flexibility index (Phi) is 5.25. The standard InChI is InChI=1S/C21H27N5O/c1-16-13-22-24-21(16)18-6-10-25(11-7-18)14-17-4-5-20(27-2)19(12-17)15-26-9-3-8-23-26/h3-5,8-9,12-13,18H,6-7,10-11,14-15H2,1-2H3,(H,22,24). The van der Waals surface area contributed by atoms with Crippen LogP contribution < -0.4 is 4.74 Å². The topological polar surface area (TPSA) is 59.0 Å². The van der Waals surface area contributed by atoms with Gasteiger partial charge in [-0.2, -0.15) is 10.2 Å². The minimum absolute atomic E-state index is 0.606. The molecule has 0 radical (unpaired) electrons. The van der Waals surface area contributed by atoms with Gasteiger partial charge in [0.25, 0.3) is 0 Å². The van der Waals surface area contributed by atoms with Gasteiger partial charge in [0.1, 0.15) is 5.75 Å². The summed E-state index contributed by atoms with van der Waals surface area (Å²) in [6.07, 6.45) is 8.08. The fourth-order valence-corrected chi connectivity index (χ4v) is 4.03. The van der Waals surface area contributed by atoms with Crippen LogP contribution in [0.5, 0.6) is 5.75 Å². The Hall–Kier alpha value is -2.60. The first-order valence-corrected chi connectivity index (χ1v) is 9.58. The van der Waals surface area contributed by atoms with E-state index in [4.69, 9.17) is 4.74 Å². The number of nitrogens with one attached hydrogen (secondary N) is 1. The molecule has 1 N–H and O–H groups in total. The third kappa shape index (κ3) is 4.06. The van der Waals surface area contributed by atoms with Crippen LogP contribution in [-0.4, -0.2) is 45.1 Å². The van der Waals surface area contributed by atoms with E-state index in [9.17, 15) is 0 Å². The first kappa shape index (κ1) is 17.8. The Morgan fingerprint density at radius 3 is 2.74 bits per heavy atom. The molecule has 0 amide bonds. The van der Waals surface area contributed by atoms with Crippen LogP contribution in [0, 0.1) is 6.92 Å². The maximum absolute atomic E-state index is 5.54. The average molecular weight is 365 g/mol. The van der Waals surface area contributed by atoms with Crippen molar-refractivity contribution in [2.45, 2.75) is 38.8 Å². The van der Waals surface area contributed by atoms with Gasteiger partial charge in [0, 0.05) is 36.1 Å². The minimum Gasteiger partial charge on any atom is -0.496 e. The third-order valence-corrected chi connectivity index (χ3v) is 5.51. The molecule has 0 bridgehead atoms. The molecular weight excluding hydrogens is 338 g/mol. The molecule has 0 unspecified atom stereocenters. The molecule has 6 heteroatoms. The van der Waals surface area contributed by atoms with E-state index in [1.807, 2.05) is 29.3 Å². The van der Waals surface area contributed by atoms with Crippen molar-refractivity contribution in [1.29, 1.82) is 0 Å². The van der Waals surface area contributed by atoms with Gasteiger partial charge in [0.15, 0.2) is 0 Å². The molecule has 0 atom stereocenters. The number of likely N-dealkylation sites (tertiary alicyclic amines) is 1. The van der Waals surface area contributed by atoms with Crippen molar-refractivity contribution < 1.29 is 4.74 Å². The Bertz CT molecular complexity index is 863. The summed E-state index contributed by atoms with van der Waals surface area (Å²) >= 11 is 0. The maximum Gasteiger partial charge on any atom is 0.123 e. The highest BCUT2D eigenvalue weighted by Gasteiger charge is 2.23. The smallest absolute Gasteiger partial charge is 0.123 e. The number of methoxy groups -OCH3 is 1. The fourth-order valence-electron chi connectivity index (χ4n) is 4.03. The molecule has 1 fully saturated rings. The number of piperidine rings is 1. The first-order valence-electron chi connectivity index (χ1n) is 9.58. The molecule has 1 saturated heterocycles. The molecule has 0 aliphatic carbocycles. The number of nitrogens with zero attached hydrogens (tertiary/aromatic N) is 4. The second kappa shape index (κ2) is 7.96. The van der Waals surface area contributed by atoms with Crippen LogP contribution >= 0.6 is 0 Å². The summed E-state index contributed by atoms with van der Waals surface area (Å²) in [5.74, 6) is 1.53. The molecule has 1 aromatic carbocycles. The zero-order chi connectivity index (χ0) is 18.6. The molecule has 27 heavy (non-hydrogen) atoms. The summed E-state index contributed by atoms with van der Waals surface area (Å²) in [4.78, 5) is 2.54. The maximum atomic E-state index is 5.54. The van der Waals surface area contributed by atoms with E-state index in [0.29, 0.717) is 5.92 Å². The largest absolute Gasteiger partial charge is 0.496 e. The second-order valence-corrected chi connectivity index (χ2v) is 7.37. The number of rotatable bonds is 6. The Morgan fingerprint density at radius 2 is 2.07 bits per heavy atom. The predicted molar refractivity (Wildman–Crippen MR) is 105 cm³/mol. The van der Waals surface area contributed by atoms with Crippen LogP contribution in [0.1, 0.15) is 41.1 Å². The molecular formula is C21H27N5O. The predicted octanol–water partition coefficient (Wildman–Crippen LogP) is 3.35. The van der Waals surface area contributed by atoms with Crippen LogP contribution in [-0.2, 0) is 13.1 Å². The molecule has 1 aliphatic rings. The molecule has 0 spiro atoms. The lowest BCUT2D eigenvalue weighted by atomic mass is 9.91. The summed E-state index contributed by atoms with van der Waals surface area (Å²) in [5, 5.41) is 11.7. The number of H-pyrrole nitrogens is 1. The summed E-state index contributed by atoms with van der Waals surface area (Å²) in [5.41, 5.74) is 5.10. The van der Waals surface area contributed by atoms with Crippen molar-refractivity contribution in [1.82, 2.24) is 24.9 Å². The highest BCUT2D eigenvalue weighted by molar-refractivity contribution is 5.37. The molecule has 4 rings (SSSR count). The van der Waals surface area contributed by atoms with Gasteiger partial charge in [-0.25, -0.2) is 0 Å². The van der Waals surface area contributed by atoms with E-state index in [2.05, 4.69) is 45.3 Å². The molecule has 3 heterocycles. The van der Waals surface area contributed by atoms with E-state index >= 15 is 0 Å². The number of aromatic nitrogens is 4. The Labute approximate surface area is 160 Å². The van der Waals surface area contributed by atoms with Crippen molar-refractivity contribution in [3.05, 3.63) is 65.2 Å². The monoisotopic (exact) mass is 365 g/mol. The number of aryl methyl sites for hydroxylation is 1. The lowest BCUT2D eigenvalue weighted by Crippen LogP contribution is -2.32. The van der Waals surface area contributed by atoms with Crippen LogP contribution in [0.4, 0.5) is 0 Å². The Morgan fingerprint density at radius 1 is 1.22 bits per heavy atom. The number of ether oxygens (including phenoxy) is 1. The Balaban J connectivity index is 1.40. The van der Waals surface area contributed by atoms with E-state index in [1.54, 1.807) is 7.11 Å². The number of aromatic amines is 1. The molecule has 2 aromatic heterocycles. The van der Waals surface area contributed by atoms with E-state index < -0.39 is 0 Å². The fraction of sp³-hybridized carbons (Fsp3) is 0.429. The van der Waals surface area contributed by atoms with Gasteiger partial charge in [-0.05, 0) is 62.2 Å². The number of hydrogen-bond acceptors (Lipinski definition) is 4.